The first-order valence-corrected chi connectivity index (χ1v) is 11.8. The molecule has 2 aromatic heterocycles. The number of para-hydroxylation sites is 1. The van der Waals surface area contributed by atoms with Crippen LogP contribution in [0.2, 0.25) is 0 Å². The summed E-state index contributed by atoms with van der Waals surface area (Å²) in [6.07, 6.45) is 0. The molecule has 3 aromatic carbocycles. The van der Waals surface area contributed by atoms with Crippen LogP contribution in [0.5, 0.6) is 0 Å². The van der Waals surface area contributed by atoms with Crippen molar-refractivity contribution in [3.63, 3.8) is 0 Å². The van der Waals surface area contributed by atoms with Gasteiger partial charge in [-0.2, -0.15) is 5.26 Å². The number of nitrogens with one attached hydrogen (secondary N) is 2. The van der Waals surface area contributed by atoms with Gasteiger partial charge >= 0.3 is 0 Å². The van der Waals surface area contributed by atoms with Crippen LogP contribution in [-0.4, -0.2) is 10.9 Å². The Kier molecular flexibility index (Phi) is 5.88. The third kappa shape index (κ3) is 4.31. The van der Waals surface area contributed by atoms with E-state index in [1.54, 1.807) is 0 Å². The van der Waals surface area contributed by atoms with Gasteiger partial charge in [-0.15, -0.1) is 11.3 Å². The quantitative estimate of drug-likeness (QED) is 0.262. The summed E-state index contributed by atoms with van der Waals surface area (Å²) in [5.41, 5.74) is 11.5. The minimum atomic E-state index is -0.311. The number of fused-ring (bicyclic) bond motifs is 1. The maximum absolute atomic E-state index is 13.6. The summed E-state index contributed by atoms with van der Waals surface area (Å²) in [7, 11) is 0. The molecule has 7 heteroatoms. The number of nitrogens with zero attached hydrogens (tertiary/aromatic N) is 2. The number of amides is 1. The Labute approximate surface area is 206 Å². The number of aromatic nitrogens is 1. The molecule has 4 N–H and O–H groups in total. The summed E-state index contributed by atoms with van der Waals surface area (Å²) in [5, 5.41) is 16.9. The lowest BCUT2D eigenvalue weighted by atomic mass is 10.00. The molecule has 0 atom stereocenters. The smallest absolute Gasteiger partial charge is 0.260 e. The minimum absolute atomic E-state index is 0.0901. The number of nitriles is 1. The van der Waals surface area contributed by atoms with E-state index < -0.39 is 0 Å². The van der Waals surface area contributed by atoms with E-state index in [1.165, 1.54) is 11.3 Å². The number of rotatable bonds is 5. The van der Waals surface area contributed by atoms with E-state index in [1.807, 2.05) is 91.9 Å². The first-order chi connectivity index (χ1) is 17.0. The highest BCUT2D eigenvalue weighted by Crippen LogP contribution is 2.44. The second kappa shape index (κ2) is 9.29. The van der Waals surface area contributed by atoms with Crippen LogP contribution in [-0.2, 0) is 0 Å². The van der Waals surface area contributed by atoms with Crippen LogP contribution in [0, 0.1) is 18.3 Å². The van der Waals surface area contributed by atoms with Crippen molar-refractivity contribution in [2.45, 2.75) is 6.92 Å². The van der Waals surface area contributed by atoms with Crippen LogP contribution < -0.4 is 16.4 Å². The molecule has 0 unspecified atom stereocenters. The third-order valence-corrected chi connectivity index (χ3v) is 6.70. The van der Waals surface area contributed by atoms with Crippen LogP contribution in [0.4, 0.5) is 22.2 Å². The molecule has 0 spiro atoms. The van der Waals surface area contributed by atoms with Gasteiger partial charge in [0, 0.05) is 16.9 Å². The van der Waals surface area contributed by atoms with E-state index in [4.69, 9.17) is 5.73 Å². The summed E-state index contributed by atoms with van der Waals surface area (Å²) >= 11 is 1.38. The Bertz CT molecular complexity index is 1570. The van der Waals surface area contributed by atoms with Crippen molar-refractivity contribution in [2.24, 2.45) is 0 Å². The average Bonchev–Trinajstić information content (AvgIpc) is 3.22. The fraction of sp³-hybridized carbons (Fsp3) is 0.0357. The van der Waals surface area contributed by atoms with E-state index in [0.29, 0.717) is 32.9 Å². The van der Waals surface area contributed by atoms with Gasteiger partial charge < -0.3 is 16.4 Å². The molecule has 5 rings (SSSR count). The molecule has 0 saturated heterocycles. The Balaban J connectivity index is 1.74. The fourth-order valence-corrected chi connectivity index (χ4v) is 5.12. The highest BCUT2D eigenvalue weighted by Gasteiger charge is 2.26. The molecule has 0 aliphatic rings. The lowest BCUT2D eigenvalue weighted by Gasteiger charge is -2.10. The van der Waals surface area contributed by atoms with E-state index >= 15 is 0 Å². The normalized spacial score (nSPS) is 10.6. The number of thiophene rings is 1. The van der Waals surface area contributed by atoms with Gasteiger partial charge in [0.05, 0.1) is 10.2 Å². The van der Waals surface area contributed by atoms with E-state index in [-0.39, 0.29) is 11.7 Å². The van der Waals surface area contributed by atoms with Gasteiger partial charge in [-0.05, 0) is 36.8 Å². The maximum atomic E-state index is 13.6. The largest absolute Gasteiger partial charge is 0.383 e. The van der Waals surface area contributed by atoms with Gasteiger partial charge in [-0.25, -0.2) is 4.98 Å². The molecule has 6 nitrogen and oxygen atoms in total. The lowest BCUT2D eigenvalue weighted by Crippen LogP contribution is -2.13. The van der Waals surface area contributed by atoms with Gasteiger partial charge in [0.25, 0.3) is 5.91 Å². The Morgan fingerprint density at radius 1 is 0.943 bits per heavy atom. The first-order valence-electron chi connectivity index (χ1n) is 11.0. The minimum Gasteiger partial charge on any atom is -0.383 e. The monoisotopic (exact) mass is 475 g/mol. The Hall–Kier alpha value is -4.67. The van der Waals surface area contributed by atoms with Crippen molar-refractivity contribution in [1.29, 1.82) is 5.26 Å². The van der Waals surface area contributed by atoms with Crippen LogP contribution in [0.25, 0.3) is 21.3 Å². The van der Waals surface area contributed by atoms with Crippen LogP contribution in [0.3, 0.4) is 0 Å². The highest BCUT2D eigenvalue weighted by molar-refractivity contribution is 7.24. The van der Waals surface area contributed by atoms with Crippen molar-refractivity contribution in [1.82, 2.24) is 4.98 Å². The van der Waals surface area contributed by atoms with E-state index in [0.717, 1.165) is 21.5 Å². The number of nitrogens with two attached hydrogens (primary N) is 1. The molecular weight excluding hydrogens is 454 g/mol. The first kappa shape index (κ1) is 22.1. The molecule has 0 bridgehead atoms. The summed E-state index contributed by atoms with van der Waals surface area (Å²) in [4.78, 5) is 18.1. The predicted octanol–water partition coefficient (Wildman–Crippen LogP) is 6.72. The van der Waals surface area contributed by atoms with Crippen molar-refractivity contribution < 1.29 is 4.79 Å². The predicted molar refractivity (Wildman–Crippen MR) is 143 cm³/mol. The van der Waals surface area contributed by atoms with Gasteiger partial charge in [-0.1, -0.05) is 66.2 Å². The van der Waals surface area contributed by atoms with Crippen molar-refractivity contribution in [2.75, 3.05) is 16.4 Å². The van der Waals surface area contributed by atoms with Crippen LogP contribution in [0.15, 0.2) is 84.9 Å². The molecular formula is C28H21N5OS. The second-order valence-corrected chi connectivity index (χ2v) is 9.04. The van der Waals surface area contributed by atoms with E-state index in [9.17, 15) is 10.1 Å². The molecule has 0 aliphatic heterocycles. The van der Waals surface area contributed by atoms with Gasteiger partial charge in [-0.3, -0.25) is 4.79 Å². The standard InChI is InChI=1S/C28H21N5OS/c1-17-12-14-20(15-13-17)31-27(34)23-24-25(35-28(23)32-19-10-6-3-7-11-19)22(18-8-4-2-5-9-18)21(16-29)26(30)33-24/h2-15,32H,1H3,(H2,30,33)(H,31,34). The molecule has 0 fully saturated rings. The van der Waals surface area contributed by atoms with Gasteiger partial charge in [0.1, 0.15) is 28.0 Å². The zero-order valence-corrected chi connectivity index (χ0v) is 19.7. The second-order valence-electron chi connectivity index (χ2n) is 8.02. The molecule has 0 saturated carbocycles. The highest BCUT2D eigenvalue weighted by atomic mass is 32.1. The molecule has 0 radical (unpaired) electrons. The van der Waals surface area contributed by atoms with Crippen LogP contribution >= 0.6 is 11.3 Å². The fourth-order valence-electron chi connectivity index (χ4n) is 3.89. The Morgan fingerprint density at radius 2 is 1.60 bits per heavy atom. The number of anilines is 4. The zero-order chi connectivity index (χ0) is 24.4. The van der Waals surface area contributed by atoms with Crippen molar-refractivity contribution >= 4 is 49.7 Å². The third-order valence-electron chi connectivity index (χ3n) is 5.59. The molecule has 2 heterocycles. The maximum Gasteiger partial charge on any atom is 0.260 e. The molecule has 170 valence electrons. The summed E-state index contributed by atoms with van der Waals surface area (Å²) < 4.78 is 0.717. The number of hydrogen-bond acceptors (Lipinski definition) is 6. The van der Waals surface area contributed by atoms with Crippen molar-refractivity contribution in [3.8, 4) is 17.2 Å². The van der Waals surface area contributed by atoms with Gasteiger partial charge in [0.15, 0.2) is 0 Å². The number of aryl methyl sites for hydroxylation is 1. The van der Waals surface area contributed by atoms with E-state index in [2.05, 4.69) is 21.7 Å². The van der Waals surface area contributed by atoms with Gasteiger partial charge in [0.2, 0.25) is 0 Å². The number of benzene rings is 3. The molecule has 5 aromatic rings. The summed E-state index contributed by atoms with van der Waals surface area (Å²) in [6, 6.07) is 29.0. The number of carbonyl (C=O) groups excluding carboxylic acids is 1. The summed E-state index contributed by atoms with van der Waals surface area (Å²) in [5.74, 6) is -0.221. The molecule has 35 heavy (non-hydrogen) atoms. The zero-order valence-electron chi connectivity index (χ0n) is 18.9. The Morgan fingerprint density at radius 3 is 2.26 bits per heavy atom. The number of nitrogen functional groups attached to an aromatic ring is 1. The topological polar surface area (TPSA) is 104 Å². The van der Waals surface area contributed by atoms with Crippen molar-refractivity contribution in [3.05, 3.63) is 102 Å². The number of pyridine rings is 1. The summed E-state index contributed by atoms with van der Waals surface area (Å²) in [6.45, 7) is 1.99. The number of hydrogen-bond donors (Lipinski definition) is 3. The SMILES string of the molecule is Cc1ccc(NC(=O)c2c(Nc3ccccc3)sc3c(-c4ccccc4)c(C#N)c(N)nc23)cc1. The molecule has 0 aliphatic carbocycles. The average molecular weight is 476 g/mol. The molecule has 1 amide bonds. The van der Waals surface area contributed by atoms with Crippen LogP contribution in [0.1, 0.15) is 21.5 Å². The number of carbonyl (C=O) groups is 1. The lowest BCUT2D eigenvalue weighted by molar-refractivity contribution is 0.102.